The monoisotopic (exact) mass is 319 g/mol. The van der Waals surface area contributed by atoms with Gasteiger partial charge in [-0.3, -0.25) is 0 Å². The summed E-state index contributed by atoms with van der Waals surface area (Å²) in [7, 11) is 0. The molecule has 1 heterocycles. The first-order valence-corrected chi connectivity index (χ1v) is 6.87. The Bertz CT molecular complexity index is 696. The van der Waals surface area contributed by atoms with Crippen molar-refractivity contribution in [3.8, 4) is 0 Å². The highest BCUT2D eigenvalue weighted by molar-refractivity contribution is 6.30. The molecule has 0 unspecified atom stereocenters. The van der Waals surface area contributed by atoms with Gasteiger partial charge in [0.2, 0.25) is 6.33 Å². The molecule has 3 aromatic rings. The van der Waals surface area contributed by atoms with Crippen LogP contribution in [0.15, 0.2) is 67.3 Å². The van der Waals surface area contributed by atoms with Crippen LogP contribution in [0.1, 0.15) is 11.1 Å². The Morgan fingerprint density at radius 3 is 2.52 bits per heavy atom. The lowest BCUT2D eigenvalue weighted by molar-refractivity contribution is -0.689. The van der Waals surface area contributed by atoms with Gasteiger partial charge < -0.3 is 12.4 Å². The van der Waals surface area contributed by atoms with Crippen LogP contribution in [0.4, 0.5) is 0 Å². The van der Waals surface area contributed by atoms with Crippen molar-refractivity contribution in [3.63, 3.8) is 0 Å². The highest BCUT2D eigenvalue weighted by Gasteiger charge is 2.07. The van der Waals surface area contributed by atoms with E-state index < -0.39 is 0 Å². The number of rotatable bonds is 4. The van der Waals surface area contributed by atoms with Crippen molar-refractivity contribution in [2.24, 2.45) is 0 Å². The Labute approximate surface area is 135 Å². The van der Waals surface area contributed by atoms with E-state index in [9.17, 15) is 0 Å². The van der Waals surface area contributed by atoms with E-state index >= 15 is 0 Å². The maximum atomic E-state index is 5.99. The molecule has 0 saturated carbocycles. The minimum absolute atomic E-state index is 0. The van der Waals surface area contributed by atoms with Crippen LogP contribution in [0.5, 0.6) is 0 Å². The van der Waals surface area contributed by atoms with Crippen LogP contribution in [0.3, 0.4) is 0 Å². The van der Waals surface area contributed by atoms with E-state index in [1.165, 1.54) is 11.1 Å². The van der Waals surface area contributed by atoms with Crippen LogP contribution in [0, 0.1) is 0 Å². The summed E-state index contributed by atoms with van der Waals surface area (Å²) in [6.07, 6.45) is 3.84. The molecule has 2 aromatic carbocycles. The zero-order valence-electron chi connectivity index (χ0n) is 11.4. The molecule has 0 spiro atoms. The van der Waals surface area contributed by atoms with Crippen molar-refractivity contribution in [2.75, 3.05) is 0 Å². The molecule has 0 N–H and O–H groups in total. The van der Waals surface area contributed by atoms with Crippen molar-refractivity contribution >= 4 is 11.6 Å². The van der Waals surface area contributed by atoms with Crippen LogP contribution in [-0.4, -0.2) is 9.78 Å². The summed E-state index contributed by atoms with van der Waals surface area (Å²) < 4.78 is 3.98. The van der Waals surface area contributed by atoms with Gasteiger partial charge in [-0.05, 0) is 23.3 Å². The van der Waals surface area contributed by atoms with Gasteiger partial charge >= 0.3 is 0 Å². The van der Waals surface area contributed by atoms with Gasteiger partial charge in [0.05, 0.1) is 6.54 Å². The van der Waals surface area contributed by atoms with Crippen molar-refractivity contribution in [1.29, 1.82) is 0 Å². The normalized spacial score (nSPS) is 10.1. The van der Waals surface area contributed by atoms with Crippen molar-refractivity contribution in [2.45, 2.75) is 13.1 Å². The summed E-state index contributed by atoms with van der Waals surface area (Å²) in [6, 6.07) is 18.2. The van der Waals surface area contributed by atoms with Gasteiger partial charge in [0.1, 0.15) is 6.54 Å². The summed E-state index contributed by atoms with van der Waals surface area (Å²) in [5.74, 6) is 0. The summed E-state index contributed by atoms with van der Waals surface area (Å²) in [6.45, 7) is 1.55. The van der Waals surface area contributed by atoms with Gasteiger partial charge in [0.15, 0.2) is 0 Å². The zero-order valence-corrected chi connectivity index (χ0v) is 12.9. The molecule has 3 nitrogen and oxygen atoms in total. The predicted molar refractivity (Wildman–Crippen MR) is 78.5 cm³/mol. The first-order valence-electron chi connectivity index (χ1n) is 6.49. The van der Waals surface area contributed by atoms with Crippen molar-refractivity contribution in [3.05, 3.63) is 83.4 Å². The Balaban J connectivity index is 0.00000161. The molecule has 0 aliphatic heterocycles. The Hall–Kier alpha value is -1.84. The quantitative estimate of drug-likeness (QED) is 0.617. The molecule has 21 heavy (non-hydrogen) atoms. The van der Waals surface area contributed by atoms with E-state index in [1.807, 2.05) is 53.7 Å². The molecule has 108 valence electrons. The number of hydrogen-bond donors (Lipinski definition) is 0. The van der Waals surface area contributed by atoms with E-state index in [1.54, 1.807) is 0 Å². The standard InChI is InChI=1S/C16H15ClN3.ClH/c17-16-8-4-7-15(9-16)10-19-12-18-20(13-19)11-14-5-2-1-3-6-14;/h1-9,12-13H,10-11H2;1H/q+1;/p-1. The fourth-order valence-corrected chi connectivity index (χ4v) is 2.36. The third-order valence-corrected chi connectivity index (χ3v) is 3.31. The second-order valence-corrected chi connectivity index (χ2v) is 5.17. The molecule has 5 heteroatoms. The predicted octanol–water partition coefficient (Wildman–Crippen LogP) is -0.0754. The molecule has 0 saturated heterocycles. The molecular formula is C16H15Cl2N3. The van der Waals surface area contributed by atoms with Crippen LogP contribution in [-0.2, 0) is 13.1 Å². The minimum atomic E-state index is 0. The Morgan fingerprint density at radius 1 is 1.00 bits per heavy atom. The molecule has 1 aromatic heterocycles. The third kappa shape index (κ3) is 4.31. The molecule has 0 aliphatic rings. The first-order chi connectivity index (χ1) is 9.79. The van der Waals surface area contributed by atoms with Crippen molar-refractivity contribution < 1.29 is 17.0 Å². The Kier molecular flexibility index (Phi) is 5.37. The topological polar surface area (TPSA) is 21.7 Å². The molecular weight excluding hydrogens is 305 g/mol. The zero-order chi connectivity index (χ0) is 13.8. The molecule has 0 atom stereocenters. The van der Waals surface area contributed by atoms with Gasteiger partial charge in [-0.2, -0.15) is 0 Å². The number of nitrogens with zero attached hydrogens (tertiary/aromatic N) is 3. The summed E-state index contributed by atoms with van der Waals surface area (Å²) in [5, 5.41) is 5.14. The summed E-state index contributed by atoms with van der Waals surface area (Å²) in [5.41, 5.74) is 2.41. The van der Waals surface area contributed by atoms with E-state index in [0.717, 1.165) is 18.1 Å². The Morgan fingerprint density at radius 2 is 1.76 bits per heavy atom. The smallest absolute Gasteiger partial charge is 0.265 e. The van der Waals surface area contributed by atoms with Crippen molar-refractivity contribution in [1.82, 2.24) is 9.78 Å². The van der Waals surface area contributed by atoms with Crippen LogP contribution >= 0.6 is 11.6 Å². The lowest BCUT2D eigenvalue weighted by atomic mass is 10.2. The van der Waals surface area contributed by atoms with Gasteiger partial charge in [-0.1, -0.05) is 54.1 Å². The molecule has 3 rings (SSSR count). The average Bonchev–Trinajstić information content (AvgIpc) is 2.87. The molecule has 0 amide bonds. The fraction of sp³-hybridized carbons (Fsp3) is 0.125. The summed E-state index contributed by atoms with van der Waals surface area (Å²) >= 11 is 5.99. The fourth-order valence-electron chi connectivity index (χ4n) is 2.14. The SMILES string of the molecule is Clc1cccc(C[n+]2cnn(Cc3ccccc3)c2)c1.[Cl-]. The molecule has 0 fully saturated rings. The van der Waals surface area contributed by atoms with Crippen LogP contribution in [0.2, 0.25) is 5.02 Å². The largest absolute Gasteiger partial charge is 1.00 e. The molecule has 0 radical (unpaired) electrons. The van der Waals surface area contributed by atoms with Gasteiger partial charge in [0, 0.05) is 10.1 Å². The van der Waals surface area contributed by atoms with E-state index in [4.69, 9.17) is 11.6 Å². The lowest BCUT2D eigenvalue weighted by Gasteiger charge is -1.98. The highest BCUT2D eigenvalue weighted by Crippen LogP contribution is 2.10. The maximum absolute atomic E-state index is 5.99. The average molecular weight is 320 g/mol. The van der Waals surface area contributed by atoms with Gasteiger partial charge in [-0.25, -0.2) is 4.57 Å². The first kappa shape index (κ1) is 15.5. The van der Waals surface area contributed by atoms with Crippen LogP contribution < -0.4 is 17.0 Å². The number of halogens is 2. The second-order valence-electron chi connectivity index (χ2n) is 4.73. The highest BCUT2D eigenvalue weighted by atomic mass is 35.5. The number of aromatic nitrogens is 3. The van der Waals surface area contributed by atoms with Crippen LogP contribution in [0.25, 0.3) is 0 Å². The summed E-state index contributed by atoms with van der Waals surface area (Å²) in [4.78, 5) is 0. The third-order valence-electron chi connectivity index (χ3n) is 3.07. The van der Waals surface area contributed by atoms with E-state index in [2.05, 4.69) is 27.9 Å². The second kappa shape index (κ2) is 7.25. The number of hydrogen-bond acceptors (Lipinski definition) is 1. The van der Waals surface area contributed by atoms with Gasteiger partial charge in [-0.15, -0.1) is 4.68 Å². The minimum Gasteiger partial charge on any atom is -1.00 e. The maximum Gasteiger partial charge on any atom is 0.265 e. The van der Waals surface area contributed by atoms with E-state index in [0.29, 0.717) is 0 Å². The number of benzene rings is 2. The molecule has 0 bridgehead atoms. The lowest BCUT2D eigenvalue weighted by Crippen LogP contribution is -3.00. The van der Waals surface area contributed by atoms with Gasteiger partial charge in [0.25, 0.3) is 6.33 Å². The molecule has 0 aliphatic carbocycles. The van der Waals surface area contributed by atoms with E-state index in [-0.39, 0.29) is 12.4 Å².